The summed E-state index contributed by atoms with van der Waals surface area (Å²) in [4.78, 5) is 14.0. The average molecular weight is 336 g/mol. The third-order valence-electron chi connectivity index (χ3n) is 3.60. The molecule has 0 unspecified atom stereocenters. The molecule has 0 spiro atoms. The van der Waals surface area contributed by atoms with Crippen LogP contribution in [0.2, 0.25) is 0 Å². The summed E-state index contributed by atoms with van der Waals surface area (Å²) in [5, 5.41) is 3.31. The molecule has 4 nitrogen and oxygen atoms in total. The van der Waals surface area contributed by atoms with Gasteiger partial charge in [0, 0.05) is 11.1 Å². The van der Waals surface area contributed by atoms with Gasteiger partial charge in [0.15, 0.2) is 0 Å². The molecular formula is C18H13FN4S. The van der Waals surface area contributed by atoms with Crippen molar-refractivity contribution < 1.29 is 4.39 Å². The zero-order chi connectivity index (χ0) is 16.4. The predicted molar refractivity (Wildman–Crippen MR) is 94.4 cm³/mol. The second kappa shape index (κ2) is 6.33. The number of nitrogens with zero attached hydrogens (tertiary/aromatic N) is 3. The molecule has 4 rings (SSSR count). The molecule has 0 amide bonds. The van der Waals surface area contributed by atoms with E-state index in [2.05, 4.69) is 20.3 Å². The van der Waals surface area contributed by atoms with E-state index in [1.54, 1.807) is 36.0 Å². The maximum atomic E-state index is 13.1. The first-order chi connectivity index (χ1) is 11.8. The largest absolute Gasteiger partial charge is 0.363 e. The number of halogens is 1. The lowest BCUT2D eigenvalue weighted by atomic mass is 10.2. The summed E-state index contributed by atoms with van der Waals surface area (Å²) in [6, 6.07) is 14.3. The minimum absolute atomic E-state index is 0.239. The molecule has 1 aromatic carbocycles. The Labute approximate surface area is 142 Å². The van der Waals surface area contributed by atoms with E-state index in [0.717, 1.165) is 32.2 Å². The van der Waals surface area contributed by atoms with E-state index in [0.29, 0.717) is 6.54 Å². The summed E-state index contributed by atoms with van der Waals surface area (Å²) in [5.41, 5.74) is 2.78. The topological polar surface area (TPSA) is 50.7 Å². The number of hydrogen-bond acceptors (Lipinski definition) is 5. The molecule has 24 heavy (non-hydrogen) atoms. The van der Waals surface area contributed by atoms with Gasteiger partial charge >= 0.3 is 0 Å². The van der Waals surface area contributed by atoms with Crippen LogP contribution in [0.3, 0.4) is 0 Å². The third kappa shape index (κ3) is 2.96. The molecule has 0 radical (unpaired) electrons. The Morgan fingerprint density at radius 1 is 1.00 bits per heavy atom. The molecular weight excluding hydrogens is 323 g/mol. The van der Waals surface area contributed by atoms with Gasteiger partial charge in [0.05, 0.1) is 22.5 Å². The van der Waals surface area contributed by atoms with Crippen molar-refractivity contribution in [2.45, 2.75) is 6.54 Å². The van der Waals surface area contributed by atoms with Crippen LogP contribution in [0.25, 0.3) is 20.7 Å². The summed E-state index contributed by atoms with van der Waals surface area (Å²) in [7, 11) is 0. The summed E-state index contributed by atoms with van der Waals surface area (Å²) < 4.78 is 14.1. The first-order valence-electron chi connectivity index (χ1n) is 7.44. The SMILES string of the molecule is Fc1ccc(-c2cc3ncnc(NCc4ccccn4)c3s2)cc1. The van der Waals surface area contributed by atoms with Gasteiger partial charge in [0.2, 0.25) is 0 Å². The fraction of sp³-hybridized carbons (Fsp3) is 0.0556. The zero-order valence-electron chi connectivity index (χ0n) is 12.6. The molecule has 0 saturated heterocycles. The summed E-state index contributed by atoms with van der Waals surface area (Å²) in [6.07, 6.45) is 3.31. The Balaban J connectivity index is 1.66. The Bertz CT molecular complexity index is 967. The lowest BCUT2D eigenvalue weighted by Gasteiger charge is -2.05. The first kappa shape index (κ1) is 14.7. The maximum Gasteiger partial charge on any atom is 0.147 e. The van der Waals surface area contributed by atoms with Gasteiger partial charge in [-0.15, -0.1) is 11.3 Å². The van der Waals surface area contributed by atoms with Gasteiger partial charge in [0.1, 0.15) is 18.0 Å². The number of aromatic nitrogens is 3. The number of hydrogen-bond donors (Lipinski definition) is 1. The van der Waals surface area contributed by atoms with Crippen LogP contribution < -0.4 is 5.32 Å². The number of fused-ring (bicyclic) bond motifs is 1. The Morgan fingerprint density at radius 3 is 2.67 bits per heavy atom. The molecule has 0 aliphatic heterocycles. The number of thiophene rings is 1. The van der Waals surface area contributed by atoms with E-state index >= 15 is 0 Å². The second-order valence-corrected chi connectivity index (χ2v) is 6.28. The van der Waals surface area contributed by atoms with Crippen molar-refractivity contribution >= 4 is 27.4 Å². The number of pyridine rings is 1. The molecule has 3 aromatic heterocycles. The number of rotatable bonds is 4. The van der Waals surface area contributed by atoms with Crippen molar-refractivity contribution in [2.24, 2.45) is 0 Å². The Morgan fingerprint density at radius 2 is 1.88 bits per heavy atom. The monoisotopic (exact) mass is 336 g/mol. The highest BCUT2D eigenvalue weighted by atomic mass is 32.1. The lowest BCUT2D eigenvalue weighted by Crippen LogP contribution is -2.03. The average Bonchev–Trinajstić information content (AvgIpc) is 3.06. The van der Waals surface area contributed by atoms with E-state index in [-0.39, 0.29) is 5.82 Å². The quantitative estimate of drug-likeness (QED) is 0.596. The van der Waals surface area contributed by atoms with Gasteiger partial charge in [-0.25, -0.2) is 14.4 Å². The van der Waals surface area contributed by atoms with Crippen LogP contribution in [0.15, 0.2) is 61.1 Å². The van der Waals surface area contributed by atoms with E-state index in [9.17, 15) is 4.39 Å². The van der Waals surface area contributed by atoms with Crippen LogP contribution in [0.1, 0.15) is 5.69 Å². The zero-order valence-corrected chi connectivity index (χ0v) is 13.4. The molecule has 1 N–H and O–H groups in total. The van der Waals surface area contributed by atoms with Crippen molar-refractivity contribution in [2.75, 3.05) is 5.32 Å². The molecule has 0 saturated carbocycles. The standard InChI is InChI=1S/C18H13FN4S/c19-13-6-4-12(5-7-13)16-9-15-17(24-16)18(23-11-22-15)21-10-14-3-1-2-8-20-14/h1-9,11H,10H2,(H,21,22,23). The fourth-order valence-electron chi connectivity index (χ4n) is 2.41. The number of nitrogens with one attached hydrogen (secondary N) is 1. The van der Waals surface area contributed by atoms with Gasteiger partial charge in [-0.3, -0.25) is 4.98 Å². The minimum Gasteiger partial charge on any atom is -0.363 e. The molecule has 0 fully saturated rings. The van der Waals surface area contributed by atoms with Gasteiger partial charge in [-0.2, -0.15) is 0 Å². The van der Waals surface area contributed by atoms with Crippen molar-refractivity contribution in [1.29, 1.82) is 0 Å². The number of anilines is 1. The van der Waals surface area contributed by atoms with Crippen molar-refractivity contribution in [3.8, 4) is 10.4 Å². The summed E-state index contributed by atoms with van der Waals surface area (Å²) >= 11 is 1.59. The highest BCUT2D eigenvalue weighted by Crippen LogP contribution is 2.35. The van der Waals surface area contributed by atoms with Crippen LogP contribution >= 0.6 is 11.3 Å². The molecule has 3 heterocycles. The van der Waals surface area contributed by atoms with Gasteiger partial charge in [-0.1, -0.05) is 18.2 Å². The number of benzene rings is 1. The Kier molecular flexibility index (Phi) is 3.88. The lowest BCUT2D eigenvalue weighted by molar-refractivity contribution is 0.628. The van der Waals surface area contributed by atoms with Crippen LogP contribution in [0, 0.1) is 5.82 Å². The van der Waals surface area contributed by atoms with Crippen LogP contribution in [-0.2, 0) is 6.54 Å². The predicted octanol–water partition coefficient (Wildman–Crippen LogP) is 4.50. The van der Waals surface area contributed by atoms with Crippen molar-refractivity contribution in [3.05, 3.63) is 72.6 Å². The van der Waals surface area contributed by atoms with E-state index in [1.807, 2.05) is 24.3 Å². The maximum absolute atomic E-state index is 13.1. The smallest absolute Gasteiger partial charge is 0.147 e. The molecule has 0 atom stereocenters. The Hall–Kier alpha value is -2.86. The van der Waals surface area contributed by atoms with E-state index in [4.69, 9.17) is 0 Å². The van der Waals surface area contributed by atoms with Crippen molar-refractivity contribution in [3.63, 3.8) is 0 Å². The van der Waals surface area contributed by atoms with Gasteiger partial charge in [0.25, 0.3) is 0 Å². The van der Waals surface area contributed by atoms with Gasteiger partial charge in [-0.05, 0) is 35.9 Å². The van der Waals surface area contributed by atoms with Crippen LogP contribution in [0.4, 0.5) is 10.2 Å². The van der Waals surface area contributed by atoms with E-state index in [1.165, 1.54) is 12.1 Å². The normalized spacial score (nSPS) is 10.9. The molecule has 0 bridgehead atoms. The first-order valence-corrected chi connectivity index (χ1v) is 8.25. The molecule has 0 aliphatic rings. The highest BCUT2D eigenvalue weighted by molar-refractivity contribution is 7.22. The van der Waals surface area contributed by atoms with Crippen molar-refractivity contribution in [1.82, 2.24) is 15.0 Å². The molecule has 0 aliphatic carbocycles. The fourth-order valence-corrected chi connectivity index (χ4v) is 3.50. The van der Waals surface area contributed by atoms with Crippen LogP contribution in [-0.4, -0.2) is 15.0 Å². The molecule has 118 valence electrons. The van der Waals surface area contributed by atoms with Crippen LogP contribution in [0.5, 0.6) is 0 Å². The van der Waals surface area contributed by atoms with Gasteiger partial charge < -0.3 is 5.32 Å². The molecule has 6 heteroatoms. The third-order valence-corrected chi connectivity index (χ3v) is 4.78. The summed E-state index contributed by atoms with van der Waals surface area (Å²) in [5.74, 6) is 0.543. The molecule has 4 aromatic rings. The van der Waals surface area contributed by atoms with E-state index < -0.39 is 0 Å². The summed E-state index contributed by atoms with van der Waals surface area (Å²) in [6.45, 7) is 0.594. The second-order valence-electron chi connectivity index (χ2n) is 5.23. The minimum atomic E-state index is -0.239. The highest BCUT2D eigenvalue weighted by Gasteiger charge is 2.10.